The first-order valence-electron chi connectivity index (χ1n) is 8.47. The van der Waals surface area contributed by atoms with Crippen LogP contribution in [0.1, 0.15) is 42.2 Å². The van der Waals surface area contributed by atoms with Crippen molar-refractivity contribution < 1.29 is 12.8 Å². The Morgan fingerprint density at radius 3 is 2.69 bits per heavy atom. The molecular weight excluding hydrogens is 370 g/mol. The molecule has 1 aromatic carbocycles. The summed E-state index contributed by atoms with van der Waals surface area (Å²) in [6.45, 7) is 3.85. The van der Waals surface area contributed by atoms with Crippen LogP contribution in [0.4, 0.5) is 5.69 Å². The quantitative estimate of drug-likeness (QED) is 0.695. The van der Waals surface area contributed by atoms with E-state index in [0.29, 0.717) is 28.3 Å². The van der Waals surface area contributed by atoms with E-state index in [2.05, 4.69) is 14.9 Å². The molecule has 1 saturated carbocycles. The first-order valence-corrected chi connectivity index (χ1v) is 10.8. The van der Waals surface area contributed by atoms with Crippen molar-refractivity contribution in [2.24, 2.45) is 0 Å². The van der Waals surface area contributed by atoms with Gasteiger partial charge in [-0.1, -0.05) is 18.6 Å². The fourth-order valence-corrected chi connectivity index (χ4v) is 5.14. The van der Waals surface area contributed by atoms with Crippen molar-refractivity contribution in [1.82, 2.24) is 10.2 Å². The van der Waals surface area contributed by atoms with Gasteiger partial charge in [-0.15, -0.1) is 21.5 Å². The van der Waals surface area contributed by atoms with E-state index in [1.807, 2.05) is 26.0 Å². The van der Waals surface area contributed by atoms with Crippen LogP contribution in [-0.4, -0.2) is 18.6 Å². The highest BCUT2D eigenvalue weighted by Crippen LogP contribution is 2.38. The molecule has 1 fully saturated rings. The SMILES string of the molecule is Cc1cccc(NS(=O)(=O)c2ccc(-c3nnc(C4CCC4)o3)s2)c1C. The van der Waals surface area contributed by atoms with Crippen LogP contribution in [0.25, 0.3) is 10.8 Å². The zero-order valence-electron chi connectivity index (χ0n) is 14.5. The van der Waals surface area contributed by atoms with Crippen molar-refractivity contribution in [3.63, 3.8) is 0 Å². The maximum absolute atomic E-state index is 12.7. The van der Waals surface area contributed by atoms with Crippen molar-refractivity contribution in [3.05, 3.63) is 47.3 Å². The summed E-state index contributed by atoms with van der Waals surface area (Å²) in [5.41, 5.74) is 2.53. The molecule has 2 heterocycles. The number of aryl methyl sites for hydroxylation is 1. The lowest BCUT2D eigenvalue weighted by molar-refractivity contribution is 0.338. The topological polar surface area (TPSA) is 85.1 Å². The van der Waals surface area contributed by atoms with E-state index in [4.69, 9.17) is 4.42 Å². The second-order valence-corrected chi connectivity index (χ2v) is 9.54. The Kier molecular flexibility index (Phi) is 4.32. The summed E-state index contributed by atoms with van der Waals surface area (Å²) >= 11 is 1.13. The molecule has 4 rings (SSSR count). The Morgan fingerprint density at radius 2 is 1.96 bits per heavy atom. The number of nitrogens with one attached hydrogen (secondary N) is 1. The highest BCUT2D eigenvalue weighted by molar-refractivity contribution is 7.94. The van der Waals surface area contributed by atoms with Gasteiger partial charge in [-0.3, -0.25) is 4.72 Å². The standard InChI is InChI=1S/C18H19N3O3S2/c1-11-5-3-8-14(12(11)2)21-26(22,23)16-10-9-15(25-16)18-20-19-17(24-18)13-6-4-7-13/h3,5,8-10,13,21H,4,6-7H2,1-2H3. The Morgan fingerprint density at radius 1 is 1.15 bits per heavy atom. The Bertz CT molecular complexity index is 1050. The predicted molar refractivity (Wildman–Crippen MR) is 101 cm³/mol. The van der Waals surface area contributed by atoms with Gasteiger partial charge in [0.15, 0.2) is 0 Å². The van der Waals surface area contributed by atoms with Gasteiger partial charge in [0.1, 0.15) is 4.21 Å². The number of aromatic nitrogens is 2. The molecule has 0 unspecified atom stereocenters. The molecule has 0 aliphatic heterocycles. The maximum Gasteiger partial charge on any atom is 0.271 e. The highest BCUT2D eigenvalue weighted by Gasteiger charge is 2.26. The number of nitrogens with zero attached hydrogens (tertiary/aromatic N) is 2. The molecule has 1 aliphatic rings. The molecule has 0 radical (unpaired) electrons. The molecule has 136 valence electrons. The molecule has 6 nitrogen and oxygen atoms in total. The Labute approximate surface area is 156 Å². The largest absolute Gasteiger partial charge is 0.420 e. The second kappa shape index (κ2) is 6.51. The minimum absolute atomic E-state index is 0.219. The molecule has 2 aromatic heterocycles. The third-order valence-corrected chi connectivity index (χ3v) is 7.73. The van der Waals surface area contributed by atoms with Gasteiger partial charge in [0.2, 0.25) is 5.89 Å². The van der Waals surface area contributed by atoms with Crippen LogP contribution in [-0.2, 0) is 10.0 Å². The van der Waals surface area contributed by atoms with Gasteiger partial charge in [0.25, 0.3) is 15.9 Å². The fourth-order valence-electron chi connectivity index (χ4n) is 2.79. The number of hydrogen-bond donors (Lipinski definition) is 1. The summed E-state index contributed by atoms with van der Waals surface area (Å²) in [5, 5.41) is 8.17. The van der Waals surface area contributed by atoms with Crippen LogP contribution in [0.2, 0.25) is 0 Å². The molecule has 1 aliphatic carbocycles. The predicted octanol–water partition coefficient (Wildman–Crippen LogP) is 4.48. The summed E-state index contributed by atoms with van der Waals surface area (Å²) in [7, 11) is -3.66. The van der Waals surface area contributed by atoms with Gasteiger partial charge >= 0.3 is 0 Å². The van der Waals surface area contributed by atoms with Gasteiger partial charge in [0.05, 0.1) is 10.6 Å². The zero-order valence-corrected chi connectivity index (χ0v) is 16.2. The normalized spacial score (nSPS) is 15.0. The molecular formula is C18H19N3O3S2. The number of benzene rings is 1. The minimum atomic E-state index is -3.66. The van der Waals surface area contributed by atoms with Crippen molar-refractivity contribution >= 4 is 27.0 Å². The van der Waals surface area contributed by atoms with Gasteiger partial charge in [-0.2, -0.15) is 0 Å². The van der Waals surface area contributed by atoms with Gasteiger partial charge in [-0.25, -0.2) is 8.42 Å². The number of thiophene rings is 1. The zero-order chi connectivity index (χ0) is 18.3. The van der Waals surface area contributed by atoms with E-state index in [1.54, 1.807) is 18.2 Å². The lowest BCUT2D eigenvalue weighted by Crippen LogP contribution is -2.12. The smallest absolute Gasteiger partial charge is 0.271 e. The summed E-state index contributed by atoms with van der Waals surface area (Å²) in [6.07, 6.45) is 3.34. The van der Waals surface area contributed by atoms with Crippen LogP contribution in [0, 0.1) is 13.8 Å². The van der Waals surface area contributed by atoms with E-state index in [-0.39, 0.29) is 4.21 Å². The summed E-state index contributed by atoms with van der Waals surface area (Å²) < 4.78 is 34.0. The van der Waals surface area contributed by atoms with E-state index in [0.717, 1.165) is 35.3 Å². The first-order chi connectivity index (χ1) is 12.4. The molecule has 26 heavy (non-hydrogen) atoms. The average Bonchev–Trinajstić information content (AvgIpc) is 3.19. The second-order valence-electron chi connectivity index (χ2n) is 6.54. The number of hydrogen-bond acceptors (Lipinski definition) is 6. The van der Waals surface area contributed by atoms with Gasteiger partial charge in [-0.05, 0) is 56.0 Å². The van der Waals surface area contributed by atoms with Crippen molar-refractivity contribution in [2.75, 3.05) is 4.72 Å². The number of rotatable bonds is 5. The van der Waals surface area contributed by atoms with E-state index in [9.17, 15) is 8.42 Å². The van der Waals surface area contributed by atoms with E-state index >= 15 is 0 Å². The monoisotopic (exact) mass is 389 g/mol. The summed E-state index contributed by atoms with van der Waals surface area (Å²) in [5.74, 6) is 1.38. The third-order valence-electron chi connectivity index (χ3n) is 4.80. The lowest BCUT2D eigenvalue weighted by atomic mass is 9.85. The van der Waals surface area contributed by atoms with Crippen molar-refractivity contribution in [3.8, 4) is 10.8 Å². The van der Waals surface area contributed by atoms with Crippen LogP contribution in [0.15, 0.2) is 39.0 Å². The van der Waals surface area contributed by atoms with Crippen LogP contribution in [0.5, 0.6) is 0 Å². The number of anilines is 1. The molecule has 0 amide bonds. The maximum atomic E-state index is 12.7. The summed E-state index contributed by atoms with van der Waals surface area (Å²) in [4.78, 5) is 0.657. The minimum Gasteiger partial charge on any atom is -0.420 e. The van der Waals surface area contributed by atoms with Gasteiger partial charge in [0, 0.05) is 5.92 Å². The first kappa shape index (κ1) is 17.2. The molecule has 8 heteroatoms. The summed E-state index contributed by atoms with van der Waals surface area (Å²) in [6, 6.07) is 8.82. The Balaban J connectivity index is 1.58. The lowest BCUT2D eigenvalue weighted by Gasteiger charge is -2.20. The van der Waals surface area contributed by atoms with Crippen LogP contribution < -0.4 is 4.72 Å². The van der Waals surface area contributed by atoms with Crippen molar-refractivity contribution in [1.29, 1.82) is 0 Å². The van der Waals surface area contributed by atoms with Crippen LogP contribution >= 0.6 is 11.3 Å². The third kappa shape index (κ3) is 3.14. The molecule has 0 saturated heterocycles. The fraction of sp³-hybridized carbons (Fsp3) is 0.333. The molecule has 1 N–H and O–H groups in total. The average molecular weight is 390 g/mol. The van der Waals surface area contributed by atoms with Gasteiger partial charge < -0.3 is 4.42 Å². The Hall–Kier alpha value is -2.19. The van der Waals surface area contributed by atoms with Crippen LogP contribution in [0.3, 0.4) is 0 Å². The molecule has 3 aromatic rings. The molecule has 0 spiro atoms. The van der Waals surface area contributed by atoms with E-state index < -0.39 is 10.0 Å². The number of sulfonamides is 1. The highest BCUT2D eigenvalue weighted by atomic mass is 32.2. The van der Waals surface area contributed by atoms with Crippen molar-refractivity contribution in [2.45, 2.75) is 43.2 Å². The molecule has 0 bridgehead atoms. The molecule has 0 atom stereocenters. The van der Waals surface area contributed by atoms with E-state index in [1.165, 1.54) is 6.42 Å².